The standard InChI is InChI=1S/C22H27ClN2O3/c1-4-19(22(27)24-5-2)25(14-17-11-7-6-10-16(17)3)21(26)15-28-20-13-9-8-12-18(20)23/h6-13,19H,4-5,14-15H2,1-3H3,(H,24,27)/t19-/m1/s1. The first kappa shape index (κ1) is 21.8. The number of rotatable bonds is 9. The third kappa shape index (κ3) is 5.73. The molecular formula is C22H27ClN2O3. The second kappa shape index (κ2) is 10.7. The van der Waals surface area contributed by atoms with Crippen LogP contribution in [0.25, 0.3) is 0 Å². The van der Waals surface area contributed by atoms with Crippen LogP contribution in [0.3, 0.4) is 0 Å². The number of amides is 2. The Morgan fingerprint density at radius 3 is 2.43 bits per heavy atom. The SMILES string of the molecule is CCNC(=O)[C@@H](CC)N(Cc1ccccc1C)C(=O)COc1ccccc1Cl. The van der Waals surface area contributed by atoms with Crippen LogP contribution in [0.1, 0.15) is 31.4 Å². The molecule has 0 unspecified atom stereocenters. The van der Waals surface area contributed by atoms with Gasteiger partial charge in [0.2, 0.25) is 5.91 Å². The summed E-state index contributed by atoms with van der Waals surface area (Å²) in [4.78, 5) is 27.2. The van der Waals surface area contributed by atoms with Gasteiger partial charge in [0.1, 0.15) is 11.8 Å². The number of nitrogens with one attached hydrogen (secondary N) is 1. The van der Waals surface area contributed by atoms with Gasteiger partial charge in [0.25, 0.3) is 5.91 Å². The number of hydrogen-bond acceptors (Lipinski definition) is 3. The molecular weight excluding hydrogens is 376 g/mol. The number of likely N-dealkylation sites (N-methyl/N-ethyl adjacent to an activating group) is 1. The molecule has 0 saturated carbocycles. The second-order valence-electron chi connectivity index (χ2n) is 6.49. The van der Waals surface area contributed by atoms with E-state index in [-0.39, 0.29) is 18.4 Å². The average Bonchev–Trinajstić information content (AvgIpc) is 2.68. The fraction of sp³-hybridized carbons (Fsp3) is 0.364. The van der Waals surface area contributed by atoms with E-state index in [9.17, 15) is 9.59 Å². The summed E-state index contributed by atoms with van der Waals surface area (Å²) in [5, 5.41) is 3.26. The Hall–Kier alpha value is -2.53. The molecule has 2 rings (SSSR count). The summed E-state index contributed by atoms with van der Waals surface area (Å²) in [5.74, 6) is 0.0189. The van der Waals surface area contributed by atoms with Gasteiger partial charge in [-0.25, -0.2) is 0 Å². The van der Waals surface area contributed by atoms with Crippen LogP contribution < -0.4 is 10.1 Å². The van der Waals surface area contributed by atoms with Crippen LogP contribution in [-0.4, -0.2) is 35.9 Å². The van der Waals surface area contributed by atoms with E-state index in [0.29, 0.717) is 30.3 Å². The minimum atomic E-state index is -0.568. The van der Waals surface area contributed by atoms with Crippen LogP contribution in [0, 0.1) is 6.92 Å². The molecule has 2 aromatic carbocycles. The fourth-order valence-electron chi connectivity index (χ4n) is 2.97. The zero-order valence-corrected chi connectivity index (χ0v) is 17.3. The molecule has 0 spiro atoms. The van der Waals surface area contributed by atoms with Gasteiger partial charge in [0, 0.05) is 13.1 Å². The Labute approximate surface area is 171 Å². The molecule has 0 aromatic heterocycles. The molecule has 0 aliphatic rings. The molecule has 0 saturated heterocycles. The van der Waals surface area contributed by atoms with Crippen LogP contribution in [0.4, 0.5) is 0 Å². The predicted molar refractivity (Wildman–Crippen MR) is 111 cm³/mol. The first-order valence-corrected chi connectivity index (χ1v) is 9.84. The quantitative estimate of drug-likeness (QED) is 0.690. The van der Waals surface area contributed by atoms with Crippen molar-refractivity contribution in [3.8, 4) is 5.75 Å². The predicted octanol–water partition coefficient (Wildman–Crippen LogP) is 3.97. The van der Waals surface area contributed by atoms with Gasteiger partial charge in [0.15, 0.2) is 6.61 Å². The van der Waals surface area contributed by atoms with Gasteiger partial charge in [-0.15, -0.1) is 0 Å². The molecule has 28 heavy (non-hydrogen) atoms. The molecule has 0 bridgehead atoms. The Bertz CT molecular complexity index is 810. The highest BCUT2D eigenvalue weighted by Crippen LogP contribution is 2.23. The van der Waals surface area contributed by atoms with Crippen molar-refractivity contribution in [2.45, 2.75) is 39.8 Å². The highest BCUT2D eigenvalue weighted by molar-refractivity contribution is 6.32. The van der Waals surface area contributed by atoms with E-state index in [1.807, 2.05) is 45.0 Å². The van der Waals surface area contributed by atoms with Crippen molar-refractivity contribution in [1.29, 1.82) is 0 Å². The third-order valence-electron chi connectivity index (χ3n) is 4.53. The van der Waals surface area contributed by atoms with Crippen LogP contribution >= 0.6 is 11.6 Å². The molecule has 150 valence electrons. The topological polar surface area (TPSA) is 58.6 Å². The van der Waals surface area contributed by atoms with Gasteiger partial charge in [-0.1, -0.05) is 54.9 Å². The van der Waals surface area contributed by atoms with Gasteiger partial charge in [-0.3, -0.25) is 9.59 Å². The van der Waals surface area contributed by atoms with Crippen molar-refractivity contribution in [3.63, 3.8) is 0 Å². The highest BCUT2D eigenvalue weighted by atomic mass is 35.5. The van der Waals surface area contributed by atoms with Crippen molar-refractivity contribution in [1.82, 2.24) is 10.2 Å². The van der Waals surface area contributed by atoms with Crippen molar-refractivity contribution in [3.05, 3.63) is 64.7 Å². The largest absolute Gasteiger partial charge is 0.482 e. The maximum absolute atomic E-state index is 13.0. The Morgan fingerprint density at radius 2 is 1.79 bits per heavy atom. The first-order chi connectivity index (χ1) is 13.5. The molecule has 1 atom stereocenters. The summed E-state index contributed by atoms with van der Waals surface area (Å²) in [5.41, 5.74) is 2.06. The van der Waals surface area contributed by atoms with Crippen LogP contribution in [-0.2, 0) is 16.1 Å². The summed E-state index contributed by atoms with van der Waals surface area (Å²) in [6.45, 7) is 6.41. The third-order valence-corrected chi connectivity index (χ3v) is 4.84. The summed E-state index contributed by atoms with van der Waals surface area (Å²) in [7, 11) is 0. The second-order valence-corrected chi connectivity index (χ2v) is 6.89. The van der Waals surface area contributed by atoms with E-state index in [4.69, 9.17) is 16.3 Å². The van der Waals surface area contributed by atoms with Crippen LogP contribution in [0.2, 0.25) is 5.02 Å². The molecule has 0 radical (unpaired) electrons. The van der Waals surface area contributed by atoms with Crippen molar-refractivity contribution in [2.75, 3.05) is 13.2 Å². The maximum atomic E-state index is 13.0. The molecule has 6 heteroatoms. The Kier molecular flexibility index (Phi) is 8.33. The number of benzene rings is 2. The Balaban J connectivity index is 2.23. The lowest BCUT2D eigenvalue weighted by Crippen LogP contribution is -2.50. The average molecular weight is 403 g/mol. The van der Waals surface area contributed by atoms with Gasteiger partial charge < -0.3 is 15.0 Å². The summed E-state index contributed by atoms with van der Waals surface area (Å²) < 4.78 is 5.63. The smallest absolute Gasteiger partial charge is 0.261 e. The number of hydrogen-bond donors (Lipinski definition) is 1. The van der Waals surface area contributed by atoms with Gasteiger partial charge in [-0.2, -0.15) is 0 Å². The fourth-order valence-corrected chi connectivity index (χ4v) is 3.16. The van der Waals surface area contributed by atoms with E-state index in [0.717, 1.165) is 11.1 Å². The van der Waals surface area contributed by atoms with E-state index in [1.54, 1.807) is 29.2 Å². The first-order valence-electron chi connectivity index (χ1n) is 9.46. The maximum Gasteiger partial charge on any atom is 0.261 e. The van der Waals surface area contributed by atoms with E-state index in [2.05, 4.69) is 5.32 Å². The normalized spacial score (nSPS) is 11.6. The number of nitrogens with zero attached hydrogens (tertiary/aromatic N) is 1. The summed E-state index contributed by atoms with van der Waals surface area (Å²) >= 11 is 6.11. The Morgan fingerprint density at radius 1 is 1.11 bits per heavy atom. The number of halogens is 1. The zero-order chi connectivity index (χ0) is 20.5. The monoisotopic (exact) mass is 402 g/mol. The molecule has 2 amide bonds. The number of para-hydroxylation sites is 1. The summed E-state index contributed by atoms with van der Waals surface area (Å²) in [6, 6.07) is 14.3. The minimum Gasteiger partial charge on any atom is -0.482 e. The van der Waals surface area contributed by atoms with Gasteiger partial charge in [-0.05, 0) is 43.5 Å². The molecule has 5 nitrogen and oxygen atoms in total. The molecule has 0 fully saturated rings. The molecule has 0 aliphatic heterocycles. The lowest BCUT2D eigenvalue weighted by Gasteiger charge is -2.31. The minimum absolute atomic E-state index is 0.162. The van der Waals surface area contributed by atoms with Gasteiger partial charge in [0.05, 0.1) is 5.02 Å². The van der Waals surface area contributed by atoms with Crippen LogP contribution in [0.15, 0.2) is 48.5 Å². The molecule has 1 N–H and O–H groups in total. The zero-order valence-electron chi connectivity index (χ0n) is 16.6. The number of carbonyl (C=O) groups excluding carboxylic acids is 2. The van der Waals surface area contributed by atoms with E-state index in [1.165, 1.54) is 0 Å². The number of aryl methyl sites for hydroxylation is 1. The highest BCUT2D eigenvalue weighted by Gasteiger charge is 2.29. The lowest BCUT2D eigenvalue weighted by atomic mass is 10.1. The van der Waals surface area contributed by atoms with E-state index >= 15 is 0 Å². The number of carbonyl (C=O) groups is 2. The molecule has 0 aliphatic carbocycles. The number of ether oxygens (including phenoxy) is 1. The lowest BCUT2D eigenvalue weighted by molar-refractivity contribution is -0.142. The van der Waals surface area contributed by atoms with Gasteiger partial charge >= 0.3 is 0 Å². The molecule has 2 aromatic rings. The van der Waals surface area contributed by atoms with Crippen molar-refractivity contribution < 1.29 is 14.3 Å². The summed E-state index contributed by atoms with van der Waals surface area (Å²) in [6.07, 6.45) is 0.509. The van der Waals surface area contributed by atoms with Crippen molar-refractivity contribution in [2.24, 2.45) is 0 Å². The van der Waals surface area contributed by atoms with Crippen molar-refractivity contribution >= 4 is 23.4 Å². The molecule has 0 heterocycles. The van der Waals surface area contributed by atoms with Crippen LogP contribution in [0.5, 0.6) is 5.75 Å². The van der Waals surface area contributed by atoms with E-state index < -0.39 is 6.04 Å².